The number of benzene rings is 4. The van der Waals surface area contributed by atoms with Crippen molar-refractivity contribution in [2.75, 3.05) is 0 Å². The number of aryl methyl sites for hydroxylation is 2. The third-order valence-corrected chi connectivity index (χ3v) is 12.7. The second-order valence-corrected chi connectivity index (χ2v) is 16.3. The summed E-state index contributed by atoms with van der Waals surface area (Å²) in [5, 5.41) is 13.0. The normalized spacial score (nSPS) is 18.3. The first kappa shape index (κ1) is 36.9. The standard InChI is InChI=1S/C25H25N3O.C25H24N2O/c26-25(14-5-15-25)19-12-10-18(11-13-19)24-20(17-6-2-1-3-7-17)16-21-22(27-24)8-4-9-23(21)28-29;26-25(14-5-15-25)19-12-10-18(11-13-19)24-20(17-6-2-1-3-7-17)16-21-22(27-24)8-4-9-23(21)28/h1-3,6-7,10-13,16,29H,4-5,8-9,14-15,26H2;1-3,6-7,10-13,16H,4-5,8-9,14-15,26H2. The van der Waals surface area contributed by atoms with Gasteiger partial charge in [0, 0.05) is 50.9 Å². The molecule has 0 spiro atoms. The van der Waals surface area contributed by atoms with Crippen molar-refractivity contribution in [2.45, 2.75) is 88.1 Å². The molecule has 6 aromatic rings. The number of aromatic nitrogens is 2. The van der Waals surface area contributed by atoms with Gasteiger partial charge in [-0.05, 0) is 105 Å². The molecule has 2 fully saturated rings. The number of carbonyl (C=O) groups is 1. The molecule has 0 atom stereocenters. The SMILES string of the molecule is NC1(c2ccc(-c3nc4c(cc3-c3ccccc3)C(=NO)CCC4)cc2)CCC1.NC1(c2ccc(-c3nc4c(cc3-c3ccccc3)C(=O)CCC4)cc2)CCC1. The molecule has 0 radical (unpaired) electrons. The number of ketones is 1. The number of Topliss-reactive ketones (excluding diaryl/α,β-unsaturated/α-hetero) is 1. The van der Waals surface area contributed by atoms with Gasteiger partial charge in [0.2, 0.25) is 0 Å². The third-order valence-electron chi connectivity index (χ3n) is 12.7. The van der Waals surface area contributed by atoms with Gasteiger partial charge in [-0.2, -0.15) is 0 Å². The molecule has 4 aliphatic carbocycles. The van der Waals surface area contributed by atoms with Crippen LogP contribution in [0.4, 0.5) is 0 Å². The Kier molecular flexibility index (Phi) is 9.89. The number of hydrogen-bond acceptors (Lipinski definition) is 7. The van der Waals surface area contributed by atoms with Crippen LogP contribution >= 0.6 is 0 Å². The topological polar surface area (TPSA) is 127 Å². The quantitative estimate of drug-likeness (QED) is 0.115. The molecule has 0 unspecified atom stereocenters. The van der Waals surface area contributed by atoms with E-state index in [1.165, 1.54) is 24.0 Å². The number of rotatable bonds is 6. The van der Waals surface area contributed by atoms with Crippen molar-refractivity contribution in [3.63, 3.8) is 0 Å². The summed E-state index contributed by atoms with van der Waals surface area (Å²) >= 11 is 0. The van der Waals surface area contributed by atoms with Gasteiger partial charge in [0.05, 0.1) is 28.5 Å². The van der Waals surface area contributed by atoms with Crippen molar-refractivity contribution in [2.24, 2.45) is 16.6 Å². The minimum absolute atomic E-state index is 0.156. The van der Waals surface area contributed by atoms with Crippen molar-refractivity contribution in [1.29, 1.82) is 0 Å². The maximum absolute atomic E-state index is 12.5. The van der Waals surface area contributed by atoms with Crippen LogP contribution < -0.4 is 11.5 Å². The first-order chi connectivity index (χ1) is 27.8. The Morgan fingerprint density at radius 2 is 0.930 bits per heavy atom. The molecule has 0 amide bonds. The highest BCUT2D eigenvalue weighted by Crippen LogP contribution is 2.42. The lowest BCUT2D eigenvalue weighted by molar-refractivity contribution is 0.0971. The van der Waals surface area contributed by atoms with E-state index in [9.17, 15) is 10.0 Å². The number of pyridine rings is 2. The fraction of sp³-hybridized carbons (Fsp3) is 0.280. The first-order valence-electron chi connectivity index (χ1n) is 20.5. The van der Waals surface area contributed by atoms with Crippen LogP contribution in [-0.2, 0) is 23.9 Å². The van der Waals surface area contributed by atoms with E-state index >= 15 is 0 Å². The molecule has 7 nitrogen and oxygen atoms in total. The largest absolute Gasteiger partial charge is 0.411 e. The van der Waals surface area contributed by atoms with E-state index in [0.29, 0.717) is 6.42 Å². The number of carbonyl (C=O) groups excluding carboxylic acids is 1. The molecule has 0 aliphatic heterocycles. The molecular formula is C50H49N5O2. The Bertz CT molecular complexity index is 2450. The molecule has 0 bridgehead atoms. The summed E-state index contributed by atoms with van der Waals surface area (Å²) < 4.78 is 0. The zero-order valence-corrected chi connectivity index (χ0v) is 32.4. The van der Waals surface area contributed by atoms with Crippen molar-refractivity contribution in [3.8, 4) is 44.8 Å². The second-order valence-electron chi connectivity index (χ2n) is 16.3. The summed E-state index contributed by atoms with van der Waals surface area (Å²) in [5.74, 6) is 0.211. The van der Waals surface area contributed by atoms with Crippen molar-refractivity contribution >= 4 is 11.5 Å². The maximum Gasteiger partial charge on any atom is 0.164 e. The van der Waals surface area contributed by atoms with Crippen LogP contribution in [0.15, 0.2) is 126 Å². The third kappa shape index (κ3) is 7.11. The lowest BCUT2D eigenvalue weighted by Crippen LogP contribution is -2.43. The molecule has 10 rings (SSSR count). The summed E-state index contributed by atoms with van der Waals surface area (Å²) in [5.41, 5.74) is 27.9. The molecule has 2 aromatic heterocycles. The highest BCUT2D eigenvalue weighted by Gasteiger charge is 2.35. The van der Waals surface area contributed by atoms with Gasteiger partial charge in [0.15, 0.2) is 5.78 Å². The van der Waals surface area contributed by atoms with Gasteiger partial charge in [-0.1, -0.05) is 114 Å². The minimum atomic E-state index is -0.156. The Morgan fingerprint density at radius 3 is 1.37 bits per heavy atom. The number of oxime groups is 1. The van der Waals surface area contributed by atoms with Crippen LogP contribution in [0, 0.1) is 0 Å². The first-order valence-corrected chi connectivity index (χ1v) is 20.5. The average molecular weight is 752 g/mol. The Morgan fingerprint density at radius 1 is 0.491 bits per heavy atom. The van der Waals surface area contributed by atoms with Crippen LogP contribution in [0.5, 0.6) is 0 Å². The molecule has 2 heterocycles. The molecule has 286 valence electrons. The van der Waals surface area contributed by atoms with Crippen LogP contribution in [0.25, 0.3) is 44.8 Å². The van der Waals surface area contributed by atoms with Crippen LogP contribution in [-0.4, -0.2) is 26.7 Å². The van der Waals surface area contributed by atoms with E-state index in [0.717, 1.165) is 131 Å². The van der Waals surface area contributed by atoms with Crippen LogP contribution in [0.1, 0.15) is 103 Å². The summed E-state index contributed by atoms with van der Waals surface area (Å²) in [7, 11) is 0. The summed E-state index contributed by atoms with van der Waals surface area (Å²) in [4.78, 5) is 22.5. The number of hydrogen-bond donors (Lipinski definition) is 3. The fourth-order valence-electron chi connectivity index (χ4n) is 8.92. The van der Waals surface area contributed by atoms with Gasteiger partial charge in [-0.15, -0.1) is 0 Å². The Balaban J connectivity index is 0.000000148. The Hall–Kier alpha value is -5.76. The van der Waals surface area contributed by atoms with E-state index in [1.54, 1.807) is 0 Å². The molecule has 4 aromatic carbocycles. The van der Waals surface area contributed by atoms with Gasteiger partial charge in [0.1, 0.15) is 0 Å². The molecule has 57 heavy (non-hydrogen) atoms. The molecule has 5 N–H and O–H groups in total. The monoisotopic (exact) mass is 751 g/mol. The van der Waals surface area contributed by atoms with Gasteiger partial charge in [0.25, 0.3) is 0 Å². The van der Waals surface area contributed by atoms with Gasteiger partial charge >= 0.3 is 0 Å². The van der Waals surface area contributed by atoms with Gasteiger partial charge < -0.3 is 16.7 Å². The summed E-state index contributed by atoms with van der Waals surface area (Å²) in [6.07, 6.45) is 11.7. The van der Waals surface area contributed by atoms with Gasteiger partial charge in [-0.3, -0.25) is 14.8 Å². The summed E-state index contributed by atoms with van der Waals surface area (Å²) in [6, 6.07) is 41.9. The highest BCUT2D eigenvalue weighted by molar-refractivity contribution is 6.04. The van der Waals surface area contributed by atoms with Crippen LogP contribution in [0.3, 0.4) is 0 Å². The number of nitrogens with two attached hydrogens (primary N) is 2. The van der Waals surface area contributed by atoms with E-state index < -0.39 is 0 Å². The zero-order valence-electron chi connectivity index (χ0n) is 32.4. The fourth-order valence-corrected chi connectivity index (χ4v) is 8.92. The van der Waals surface area contributed by atoms with Crippen LogP contribution in [0.2, 0.25) is 0 Å². The second kappa shape index (κ2) is 15.3. The smallest absolute Gasteiger partial charge is 0.164 e. The minimum Gasteiger partial charge on any atom is -0.411 e. The molecule has 2 saturated carbocycles. The van der Waals surface area contributed by atoms with Gasteiger partial charge in [-0.25, -0.2) is 0 Å². The van der Waals surface area contributed by atoms with Crippen molar-refractivity contribution < 1.29 is 10.0 Å². The Labute approximate surface area is 334 Å². The molecule has 7 heteroatoms. The lowest BCUT2D eigenvalue weighted by Gasteiger charge is -2.38. The number of fused-ring (bicyclic) bond motifs is 2. The predicted octanol–water partition coefficient (Wildman–Crippen LogP) is 10.5. The number of nitrogens with zero attached hydrogens (tertiary/aromatic N) is 3. The van der Waals surface area contributed by atoms with E-state index in [1.807, 2.05) is 36.4 Å². The molecule has 4 aliphatic rings. The lowest BCUT2D eigenvalue weighted by atomic mass is 9.72. The molecular weight excluding hydrogens is 703 g/mol. The van der Waals surface area contributed by atoms with E-state index in [-0.39, 0.29) is 16.9 Å². The maximum atomic E-state index is 12.5. The van der Waals surface area contributed by atoms with E-state index in [4.69, 9.17) is 21.4 Å². The highest BCUT2D eigenvalue weighted by atomic mass is 16.4. The van der Waals surface area contributed by atoms with Crippen molar-refractivity contribution in [3.05, 3.63) is 155 Å². The van der Waals surface area contributed by atoms with Crippen molar-refractivity contribution in [1.82, 2.24) is 9.97 Å². The predicted molar refractivity (Wildman–Crippen MR) is 228 cm³/mol. The zero-order chi connectivity index (χ0) is 39.0. The summed E-state index contributed by atoms with van der Waals surface area (Å²) in [6.45, 7) is 0. The van der Waals surface area contributed by atoms with E-state index in [2.05, 4.69) is 90.1 Å². The average Bonchev–Trinajstić information content (AvgIpc) is 3.24. The molecule has 0 saturated heterocycles.